The Morgan fingerprint density at radius 1 is 0.885 bits per heavy atom. The molecule has 148 valence electrons. The van der Waals surface area contributed by atoms with Gasteiger partial charge in [0.25, 0.3) is 0 Å². The van der Waals surface area contributed by atoms with Gasteiger partial charge in [-0.25, -0.2) is 0 Å². The number of carboxylic acids is 1. The van der Waals surface area contributed by atoms with Crippen molar-refractivity contribution in [1.82, 2.24) is 10.6 Å². The summed E-state index contributed by atoms with van der Waals surface area (Å²) in [4.78, 5) is 34.8. The summed E-state index contributed by atoms with van der Waals surface area (Å²) in [6.45, 7) is 0.546. The summed E-state index contributed by atoms with van der Waals surface area (Å²) in [5.74, 6) is 0.0590. The molecule has 2 aliphatic rings. The second-order valence-corrected chi connectivity index (χ2v) is 7.97. The zero-order valence-corrected chi connectivity index (χ0v) is 15.8. The maximum Gasteiger partial charge on any atom is 0.303 e. The number of amides is 2. The molecule has 2 aliphatic carbocycles. The third-order valence-corrected chi connectivity index (χ3v) is 5.78. The average Bonchev–Trinajstić information content (AvgIpc) is 2.62. The van der Waals surface area contributed by atoms with E-state index in [-0.39, 0.29) is 30.2 Å². The number of rotatable bonds is 9. The summed E-state index contributed by atoms with van der Waals surface area (Å²) in [7, 11) is 0. The molecule has 0 aliphatic heterocycles. The van der Waals surface area contributed by atoms with Crippen molar-refractivity contribution < 1.29 is 19.5 Å². The number of carbonyl (C=O) groups excluding carboxylic acids is 2. The summed E-state index contributed by atoms with van der Waals surface area (Å²) < 4.78 is 0. The Bertz CT molecular complexity index is 466. The molecule has 0 saturated heterocycles. The standard InChI is InChI=1S/C20H34N2O4/c23-18(14-15-6-2-1-3-7-15)22-17-11-9-16(10-12-17)20(26)21-13-5-4-8-19(24)25/h15-17H,1-14H2,(H,21,26)(H,22,23)(H,24,25). The van der Waals surface area contributed by atoms with E-state index in [4.69, 9.17) is 5.11 Å². The van der Waals surface area contributed by atoms with E-state index < -0.39 is 5.97 Å². The van der Waals surface area contributed by atoms with Gasteiger partial charge in [0.2, 0.25) is 11.8 Å². The van der Waals surface area contributed by atoms with Crippen molar-refractivity contribution in [3.8, 4) is 0 Å². The summed E-state index contributed by atoms with van der Waals surface area (Å²) in [5.41, 5.74) is 0. The van der Waals surface area contributed by atoms with Crippen LogP contribution in [0.15, 0.2) is 0 Å². The first-order chi connectivity index (χ1) is 12.5. The zero-order chi connectivity index (χ0) is 18.8. The van der Waals surface area contributed by atoms with Crippen molar-refractivity contribution in [1.29, 1.82) is 0 Å². The second kappa shape index (κ2) is 11.2. The highest BCUT2D eigenvalue weighted by Crippen LogP contribution is 2.27. The fourth-order valence-corrected chi connectivity index (χ4v) is 4.20. The van der Waals surface area contributed by atoms with Crippen LogP contribution in [0.1, 0.15) is 83.5 Å². The molecular formula is C20H34N2O4. The Kier molecular flexibility index (Phi) is 8.92. The van der Waals surface area contributed by atoms with Gasteiger partial charge in [0, 0.05) is 31.3 Å². The molecule has 0 heterocycles. The predicted octanol–water partition coefficient (Wildman–Crippen LogP) is 3.00. The lowest BCUT2D eigenvalue weighted by atomic mass is 9.84. The Hall–Kier alpha value is -1.59. The van der Waals surface area contributed by atoms with E-state index in [1.54, 1.807) is 0 Å². The summed E-state index contributed by atoms with van der Waals surface area (Å²) in [6, 6.07) is 0.214. The third kappa shape index (κ3) is 7.75. The molecule has 2 saturated carbocycles. The minimum atomic E-state index is -0.791. The van der Waals surface area contributed by atoms with Gasteiger partial charge in [-0.1, -0.05) is 19.3 Å². The maximum atomic E-state index is 12.2. The number of nitrogens with one attached hydrogen (secondary N) is 2. The van der Waals surface area contributed by atoms with Crippen LogP contribution in [-0.2, 0) is 14.4 Å². The van der Waals surface area contributed by atoms with Crippen LogP contribution in [0, 0.1) is 11.8 Å². The minimum Gasteiger partial charge on any atom is -0.481 e. The highest BCUT2D eigenvalue weighted by Gasteiger charge is 2.27. The number of carbonyl (C=O) groups is 3. The van der Waals surface area contributed by atoms with Gasteiger partial charge in [0.1, 0.15) is 0 Å². The summed E-state index contributed by atoms with van der Waals surface area (Å²) >= 11 is 0. The van der Waals surface area contributed by atoms with Crippen LogP contribution in [-0.4, -0.2) is 35.5 Å². The molecular weight excluding hydrogens is 332 g/mol. The lowest BCUT2D eigenvalue weighted by molar-refractivity contribution is -0.137. The van der Waals surface area contributed by atoms with Gasteiger partial charge in [-0.15, -0.1) is 0 Å². The highest BCUT2D eigenvalue weighted by molar-refractivity contribution is 5.79. The smallest absolute Gasteiger partial charge is 0.303 e. The Labute approximate surface area is 156 Å². The van der Waals surface area contributed by atoms with Crippen LogP contribution < -0.4 is 10.6 Å². The molecule has 3 N–H and O–H groups in total. The molecule has 0 atom stereocenters. The normalized spacial score (nSPS) is 24.0. The van der Waals surface area contributed by atoms with Crippen LogP contribution in [0.25, 0.3) is 0 Å². The quantitative estimate of drug-likeness (QED) is 0.547. The van der Waals surface area contributed by atoms with Crippen LogP contribution in [0.4, 0.5) is 0 Å². The number of hydrogen-bond acceptors (Lipinski definition) is 3. The fourth-order valence-electron chi connectivity index (χ4n) is 4.20. The van der Waals surface area contributed by atoms with E-state index in [9.17, 15) is 14.4 Å². The third-order valence-electron chi connectivity index (χ3n) is 5.78. The molecule has 2 amide bonds. The first-order valence-electron chi connectivity index (χ1n) is 10.3. The summed E-state index contributed by atoms with van der Waals surface area (Å²) in [5, 5.41) is 14.7. The number of hydrogen-bond donors (Lipinski definition) is 3. The molecule has 6 heteroatoms. The molecule has 2 rings (SSSR count). The first kappa shape index (κ1) is 20.7. The molecule has 2 fully saturated rings. The SMILES string of the molecule is O=C(O)CCCCNC(=O)C1CCC(NC(=O)CC2CCCCC2)CC1. The van der Waals surface area contributed by atoms with E-state index in [0.29, 0.717) is 31.7 Å². The zero-order valence-electron chi connectivity index (χ0n) is 15.8. The predicted molar refractivity (Wildman–Crippen MR) is 99.6 cm³/mol. The molecule has 0 radical (unpaired) electrons. The lowest BCUT2D eigenvalue weighted by Crippen LogP contribution is -2.41. The summed E-state index contributed by atoms with van der Waals surface area (Å²) in [6.07, 6.45) is 11.7. The first-order valence-corrected chi connectivity index (χ1v) is 10.3. The molecule has 26 heavy (non-hydrogen) atoms. The molecule has 0 spiro atoms. The van der Waals surface area contributed by atoms with Gasteiger partial charge in [0.15, 0.2) is 0 Å². The maximum absolute atomic E-state index is 12.2. The van der Waals surface area contributed by atoms with Crippen LogP contribution in [0.3, 0.4) is 0 Å². The van der Waals surface area contributed by atoms with Crippen molar-refractivity contribution in [2.24, 2.45) is 11.8 Å². The van der Waals surface area contributed by atoms with Gasteiger partial charge < -0.3 is 15.7 Å². The number of aliphatic carboxylic acids is 1. The Morgan fingerprint density at radius 3 is 2.23 bits per heavy atom. The molecule has 0 aromatic heterocycles. The monoisotopic (exact) mass is 366 g/mol. The molecule has 0 bridgehead atoms. The van der Waals surface area contributed by atoms with Crippen LogP contribution >= 0.6 is 0 Å². The van der Waals surface area contributed by atoms with E-state index in [1.165, 1.54) is 32.1 Å². The van der Waals surface area contributed by atoms with Crippen molar-refractivity contribution in [2.75, 3.05) is 6.54 Å². The van der Waals surface area contributed by atoms with Crippen molar-refractivity contribution in [2.45, 2.75) is 89.5 Å². The molecule has 6 nitrogen and oxygen atoms in total. The fraction of sp³-hybridized carbons (Fsp3) is 0.850. The van der Waals surface area contributed by atoms with Gasteiger partial charge in [-0.3, -0.25) is 14.4 Å². The largest absolute Gasteiger partial charge is 0.481 e. The second-order valence-electron chi connectivity index (χ2n) is 7.97. The van der Waals surface area contributed by atoms with Crippen LogP contribution in [0.5, 0.6) is 0 Å². The minimum absolute atomic E-state index is 0.0287. The molecule has 0 aromatic rings. The van der Waals surface area contributed by atoms with E-state index in [2.05, 4.69) is 10.6 Å². The van der Waals surface area contributed by atoms with Gasteiger partial charge in [-0.05, 0) is 57.3 Å². The van der Waals surface area contributed by atoms with Gasteiger partial charge in [-0.2, -0.15) is 0 Å². The lowest BCUT2D eigenvalue weighted by Gasteiger charge is -2.29. The molecule has 0 unspecified atom stereocenters. The number of unbranched alkanes of at least 4 members (excludes halogenated alkanes) is 1. The topological polar surface area (TPSA) is 95.5 Å². The van der Waals surface area contributed by atoms with E-state index in [1.807, 2.05) is 0 Å². The van der Waals surface area contributed by atoms with Crippen molar-refractivity contribution in [3.63, 3.8) is 0 Å². The van der Waals surface area contributed by atoms with Crippen molar-refractivity contribution in [3.05, 3.63) is 0 Å². The van der Waals surface area contributed by atoms with Crippen LogP contribution in [0.2, 0.25) is 0 Å². The Balaban J connectivity index is 1.56. The van der Waals surface area contributed by atoms with Gasteiger partial charge in [0.05, 0.1) is 0 Å². The number of carboxylic acid groups (broad SMARTS) is 1. The van der Waals surface area contributed by atoms with Crippen molar-refractivity contribution >= 4 is 17.8 Å². The van der Waals surface area contributed by atoms with E-state index >= 15 is 0 Å². The Morgan fingerprint density at radius 2 is 1.58 bits per heavy atom. The molecule has 0 aromatic carbocycles. The average molecular weight is 367 g/mol. The van der Waals surface area contributed by atoms with E-state index in [0.717, 1.165) is 25.7 Å². The van der Waals surface area contributed by atoms with Gasteiger partial charge >= 0.3 is 5.97 Å². The highest BCUT2D eigenvalue weighted by atomic mass is 16.4.